The fourth-order valence-electron chi connectivity index (χ4n) is 1.55. The lowest BCUT2D eigenvalue weighted by atomic mass is 10.0. The molecule has 0 atom stereocenters. The van der Waals surface area contributed by atoms with Crippen molar-refractivity contribution in [2.75, 3.05) is 0 Å². The van der Waals surface area contributed by atoms with Crippen LogP contribution in [0.2, 0.25) is 0 Å². The van der Waals surface area contributed by atoms with Crippen molar-refractivity contribution in [3.05, 3.63) is 41.0 Å². The number of benzene rings is 1. The van der Waals surface area contributed by atoms with Gasteiger partial charge in [0.2, 0.25) is 0 Å². The van der Waals surface area contributed by atoms with E-state index in [1.54, 1.807) is 0 Å². The highest BCUT2D eigenvalue weighted by atomic mass is 35.5. The molecule has 18 heavy (non-hydrogen) atoms. The Hall–Kier alpha value is -1.47. The van der Waals surface area contributed by atoms with Gasteiger partial charge in [-0.25, -0.2) is 0 Å². The lowest BCUT2D eigenvalue weighted by molar-refractivity contribution is -0.137. The third-order valence-corrected chi connectivity index (χ3v) is 2.80. The zero-order valence-corrected chi connectivity index (χ0v) is 10.4. The summed E-state index contributed by atoms with van der Waals surface area (Å²) in [5.74, 6) is 0. The van der Waals surface area contributed by atoms with Crippen molar-refractivity contribution in [1.29, 1.82) is 5.26 Å². The van der Waals surface area contributed by atoms with Crippen LogP contribution in [0.15, 0.2) is 29.8 Å². The van der Waals surface area contributed by atoms with E-state index in [9.17, 15) is 13.2 Å². The van der Waals surface area contributed by atoms with Gasteiger partial charge >= 0.3 is 6.18 Å². The third-order valence-electron chi connectivity index (χ3n) is 2.37. The second kappa shape index (κ2) is 5.92. The molecular formula is C13H11ClF3N. The van der Waals surface area contributed by atoms with Gasteiger partial charge in [-0.1, -0.05) is 43.1 Å². The molecule has 1 nitrogen and oxygen atoms in total. The topological polar surface area (TPSA) is 23.8 Å². The van der Waals surface area contributed by atoms with Crippen LogP contribution < -0.4 is 0 Å². The van der Waals surface area contributed by atoms with E-state index in [1.807, 2.05) is 13.0 Å². The number of nitrogens with zero attached hydrogens (tertiary/aromatic N) is 1. The SMILES string of the molecule is CCCC(C#N)=C(Cl)c1ccccc1C(F)(F)F. The summed E-state index contributed by atoms with van der Waals surface area (Å²) >= 11 is 5.92. The van der Waals surface area contributed by atoms with Gasteiger partial charge < -0.3 is 0 Å². The number of halogens is 4. The molecule has 1 rings (SSSR count). The van der Waals surface area contributed by atoms with Gasteiger partial charge in [-0.2, -0.15) is 18.4 Å². The summed E-state index contributed by atoms with van der Waals surface area (Å²) in [4.78, 5) is 0. The van der Waals surface area contributed by atoms with Crippen molar-refractivity contribution in [2.24, 2.45) is 0 Å². The summed E-state index contributed by atoms with van der Waals surface area (Å²) in [5, 5.41) is 8.79. The minimum Gasteiger partial charge on any atom is -0.193 e. The highest BCUT2D eigenvalue weighted by molar-refractivity contribution is 6.49. The largest absolute Gasteiger partial charge is 0.417 e. The molecule has 0 unspecified atom stereocenters. The van der Waals surface area contributed by atoms with Crippen LogP contribution in [0, 0.1) is 11.3 Å². The van der Waals surface area contributed by atoms with Crippen LogP contribution in [-0.4, -0.2) is 0 Å². The maximum atomic E-state index is 12.8. The molecule has 0 radical (unpaired) electrons. The van der Waals surface area contributed by atoms with Crippen molar-refractivity contribution >= 4 is 16.6 Å². The van der Waals surface area contributed by atoms with E-state index >= 15 is 0 Å². The van der Waals surface area contributed by atoms with Crippen LogP contribution in [0.5, 0.6) is 0 Å². The predicted molar refractivity (Wildman–Crippen MR) is 64.7 cm³/mol. The molecule has 0 aromatic heterocycles. The molecule has 0 aliphatic carbocycles. The van der Waals surface area contributed by atoms with Crippen LogP contribution in [0.25, 0.3) is 5.03 Å². The molecule has 0 bridgehead atoms. The average Bonchev–Trinajstić information content (AvgIpc) is 2.34. The Morgan fingerprint density at radius 1 is 1.33 bits per heavy atom. The fourth-order valence-corrected chi connectivity index (χ4v) is 1.85. The lowest BCUT2D eigenvalue weighted by Crippen LogP contribution is -2.08. The molecule has 1 aromatic carbocycles. The smallest absolute Gasteiger partial charge is 0.193 e. The summed E-state index contributed by atoms with van der Waals surface area (Å²) in [5.41, 5.74) is -0.786. The van der Waals surface area contributed by atoms with E-state index in [2.05, 4.69) is 0 Å². The van der Waals surface area contributed by atoms with E-state index in [-0.39, 0.29) is 16.2 Å². The van der Waals surface area contributed by atoms with E-state index < -0.39 is 11.7 Å². The molecular weight excluding hydrogens is 263 g/mol. The summed E-state index contributed by atoms with van der Waals surface area (Å²) in [7, 11) is 0. The van der Waals surface area contributed by atoms with Gasteiger partial charge in [0.1, 0.15) is 0 Å². The van der Waals surface area contributed by atoms with Gasteiger partial charge in [-0.05, 0) is 12.5 Å². The Bertz CT molecular complexity index is 498. The first-order valence-corrected chi connectivity index (χ1v) is 5.75. The van der Waals surface area contributed by atoms with Crippen molar-refractivity contribution in [1.82, 2.24) is 0 Å². The molecule has 0 aliphatic rings. The van der Waals surface area contributed by atoms with E-state index in [1.165, 1.54) is 18.2 Å². The number of nitriles is 1. The van der Waals surface area contributed by atoms with Gasteiger partial charge in [0.15, 0.2) is 0 Å². The van der Waals surface area contributed by atoms with Gasteiger partial charge in [0.05, 0.1) is 16.7 Å². The maximum Gasteiger partial charge on any atom is 0.417 e. The highest BCUT2D eigenvalue weighted by Crippen LogP contribution is 2.37. The number of alkyl halides is 3. The summed E-state index contributed by atoms with van der Waals surface area (Å²) in [6.45, 7) is 1.83. The van der Waals surface area contributed by atoms with Gasteiger partial charge in [0.25, 0.3) is 0 Å². The van der Waals surface area contributed by atoms with Gasteiger partial charge in [-0.3, -0.25) is 0 Å². The van der Waals surface area contributed by atoms with Crippen LogP contribution >= 0.6 is 11.6 Å². The minimum atomic E-state index is -4.48. The first-order valence-electron chi connectivity index (χ1n) is 5.37. The van der Waals surface area contributed by atoms with Crippen molar-refractivity contribution < 1.29 is 13.2 Å². The molecule has 0 heterocycles. The molecule has 0 fully saturated rings. The quantitative estimate of drug-likeness (QED) is 0.713. The van der Waals surface area contributed by atoms with Gasteiger partial charge in [-0.15, -0.1) is 0 Å². The molecule has 0 saturated carbocycles. The maximum absolute atomic E-state index is 12.8. The number of hydrogen-bond acceptors (Lipinski definition) is 1. The lowest BCUT2D eigenvalue weighted by Gasteiger charge is -2.12. The molecule has 0 N–H and O–H groups in total. The van der Waals surface area contributed by atoms with Crippen molar-refractivity contribution in [2.45, 2.75) is 25.9 Å². The molecule has 1 aromatic rings. The zero-order chi connectivity index (χ0) is 13.8. The second-order valence-corrected chi connectivity index (χ2v) is 4.08. The second-order valence-electron chi connectivity index (χ2n) is 3.70. The Labute approximate surface area is 108 Å². The standard InChI is InChI=1S/C13H11ClF3N/c1-2-5-9(8-18)12(14)10-6-3-4-7-11(10)13(15,16)17/h3-4,6-7H,2,5H2,1H3. The van der Waals surface area contributed by atoms with Crippen molar-refractivity contribution in [3.63, 3.8) is 0 Å². The molecule has 0 spiro atoms. The van der Waals surface area contributed by atoms with Crippen LogP contribution in [0.1, 0.15) is 30.9 Å². The summed E-state index contributed by atoms with van der Waals surface area (Å²) in [6, 6.07) is 6.85. The molecule has 96 valence electrons. The van der Waals surface area contributed by atoms with Crippen LogP contribution in [-0.2, 0) is 6.18 Å². The van der Waals surface area contributed by atoms with E-state index in [4.69, 9.17) is 16.9 Å². The molecule has 0 saturated heterocycles. The zero-order valence-electron chi connectivity index (χ0n) is 9.68. The Kier molecular flexibility index (Phi) is 4.80. The van der Waals surface area contributed by atoms with E-state index in [0.717, 1.165) is 6.07 Å². The minimum absolute atomic E-state index is 0.118. The number of hydrogen-bond donors (Lipinski definition) is 0. The highest BCUT2D eigenvalue weighted by Gasteiger charge is 2.34. The number of allylic oxidation sites excluding steroid dienone is 1. The number of rotatable bonds is 3. The van der Waals surface area contributed by atoms with E-state index in [0.29, 0.717) is 12.8 Å². The monoisotopic (exact) mass is 273 g/mol. The average molecular weight is 274 g/mol. The van der Waals surface area contributed by atoms with Crippen molar-refractivity contribution in [3.8, 4) is 6.07 Å². The fraction of sp³-hybridized carbons (Fsp3) is 0.308. The molecule has 0 aliphatic heterocycles. The predicted octanol–water partition coefficient (Wildman–Crippen LogP) is 4.98. The molecule has 5 heteroatoms. The summed E-state index contributed by atoms with van der Waals surface area (Å²) < 4.78 is 38.4. The Balaban J connectivity index is 3.38. The first kappa shape index (κ1) is 14.6. The summed E-state index contributed by atoms with van der Waals surface area (Å²) in [6.07, 6.45) is -3.47. The van der Waals surface area contributed by atoms with Crippen LogP contribution in [0.3, 0.4) is 0 Å². The molecule has 0 amide bonds. The van der Waals surface area contributed by atoms with Crippen LogP contribution in [0.4, 0.5) is 13.2 Å². The third kappa shape index (κ3) is 3.27. The Morgan fingerprint density at radius 2 is 1.94 bits per heavy atom. The van der Waals surface area contributed by atoms with Gasteiger partial charge in [0, 0.05) is 11.1 Å². The first-order chi connectivity index (χ1) is 8.41. The Morgan fingerprint density at radius 3 is 2.44 bits per heavy atom. The normalized spacial score (nSPS) is 12.9.